The number of hydrogen-bond donors (Lipinski definition) is 2. The fraction of sp³-hybridized carbons (Fsp3) is 0.462. The van der Waals surface area contributed by atoms with Gasteiger partial charge in [0, 0.05) is 24.0 Å². The quantitative estimate of drug-likeness (QED) is 0.892. The maximum Gasteiger partial charge on any atom is 0.261 e. The molecule has 106 valence electrons. The highest BCUT2D eigenvalue weighted by Gasteiger charge is 2.29. The lowest BCUT2D eigenvalue weighted by Crippen LogP contribution is -2.43. The van der Waals surface area contributed by atoms with Crippen LogP contribution in [0.4, 0.5) is 0 Å². The molecule has 2 unspecified atom stereocenters. The third-order valence-electron chi connectivity index (χ3n) is 3.06. The second-order valence-electron chi connectivity index (χ2n) is 4.50. The number of benzene rings is 1. The van der Waals surface area contributed by atoms with Gasteiger partial charge in [0.1, 0.15) is 5.75 Å². The number of ether oxygens (including phenoxy) is 1. The Hall–Kier alpha value is -0.970. The monoisotopic (exact) mass is 304 g/mol. The molecule has 2 rings (SSSR count). The van der Waals surface area contributed by atoms with Crippen LogP contribution in [0.1, 0.15) is 12.5 Å². The summed E-state index contributed by atoms with van der Waals surface area (Å²) in [6.45, 7) is 2.59. The smallest absolute Gasteiger partial charge is 0.261 e. The lowest BCUT2D eigenvalue weighted by Gasteiger charge is -2.14. The number of nitrogens with one attached hydrogen (secondary N) is 2. The molecule has 1 aromatic rings. The molecule has 1 heterocycles. The molecule has 2 atom stereocenters. The molecule has 19 heavy (non-hydrogen) atoms. The van der Waals surface area contributed by atoms with Crippen molar-refractivity contribution in [3.05, 3.63) is 28.8 Å². The van der Waals surface area contributed by atoms with Crippen molar-refractivity contribution in [1.29, 1.82) is 0 Å². The molecule has 0 aliphatic carbocycles. The zero-order chi connectivity index (χ0) is 13.1. The van der Waals surface area contributed by atoms with E-state index >= 15 is 0 Å². The van der Waals surface area contributed by atoms with Gasteiger partial charge in [0.25, 0.3) is 5.91 Å². The molecule has 1 aliphatic rings. The van der Waals surface area contributed by atoms with E-state index in [9.17, 15) is 4.79 Å². The average molecular weight is 305 g/mol. The minimum atomic E-state index is -0.442. The maximum absolute atomic E-state index is 11.9. The molecule has 0 bridgehead atoms. The molecule has 0 spiro atoms. The van der Waals surface area contributed by atoms with Gasteiger partial charge in [-0.3, -0.25) is 4.79 Å². The molecule has 2 N–H and O–H groups in total. The van der Waals surface area contributed by atoms with Crippen molar-refractivity contribution in [2.75, 3.05) is 13.6 Å². The van der Waals surface area contributed by atoms with E-state index in [1.165, 1.54) is 0 Å². The molecule has 0 saturated heterocycles. The van der Waals surface area contributed by atoms with Crippen molar-refractivity contribution in [2.24, 2.45) is 0 Å². The number of carbonyl (C=O) groups excluding carboxylic acids is 1. The van der Waals surface area contributed by atoms with E-state index in [0.29, 0.717) is 18.0 Å². The van der Waals surface area contributed by atoms with Crippen molar-refractivity contribution < 1.29 is 9.53 Å². The summed E-state index contributed by atoms with van der Waals surface area (Å²) >= 11 is 5.91. The van der Waals surface area contributed by atoms with Crippen LogP contribution in [0.5, 0.6) is 5.75 Å². The Kier molecular flexibility index (Phi) is 5.91. The first-order valence-corrected chi connectivity index (χ1v) is 6.38. The summed E-state index contributed by atoms with van der Waals surface area (Å²) in [5, 5.41) is 6.60. The SMILES string of the molecule is CNC(C)CNC(=O)C1Cc2cc(Cl)ccc2O1.Cl. The lowest BCUT2D eigenvalue weighted by molar-refractivity contribution is -0.127. The minimum absolute atomic E-state index is 0. The minimum Gasteiger partial charge on any atom is -0.480 e. The Labute approximate surface area is 124 Å². The van der Waals surface area contributed by atoms with Gasteiger partial charge in [-0.25, -0.2) is 0 Å². The third-order valence-corrected chi connectivity index (χ3v) is 3.30. The Balaban J connectivity index is 0.00000180. The number of amides is 1. The van der Waals surface area contributed by atoms with Crippen LogP contribution >= 0.6 is 24.0 Å². The molecule has 1 aliphatic heterocycles. The topological polar surface area (TPSA) is 50.4 Å². The molecule has 0 saturated carbocycles. The Bertz CT molecular complexity index is 454. The zero-order valence-electron chi connectivity index (χ0n) is 10.9. The zero-order valence-corrected chi connectivity index (χ0v) is 12.5. The van der Waals surface area contributed by atoms with Gasteiger partial charge in [0.15, 0.2) is 6.10 Å². The third kappa shape index (κ3) is 4.00. The van der Waals surface area contributed by atoms with Gasteiger partial charge >= 0.3 is 0 Å². The van der Waals surface area contributed by atoms with Crippen molar-refractivity contribution in [3.63, 3.8) is 0 Å². The van der Waals surface area contributed by atoms with Crippen molar-refractivity contribution in [2.45, 2.75) is 25.5 Å². The number of rotatable bonds is 4. The predicted octanol–water partition coefficient (Wildman–Crippen LogP) is 1.79. The van der Waals surface area contributed by atoms with Crippen molar-refractivity contribution in [3.8, 4) is 5.75 Å². The van der Waals surface area contributed by atoms with Gasteiger partial charge in [0.05, 0.1) is 0 Å². The van der Waals surface area contributed by atoms with Crippen LogP contribution in [0.2, 0.25) is 5.02 Å². The fourth-order valence-electron chi connectivity index (χ4n) is 1.83. The molecule has 1 amide bonds. The van der Waals surface area contributed by atoms with E-state index in [4.69, 9.17) is 16.3 Å². The summed E-state index contributed by atoms with van der Waals surface area (Å²) in [5.41, 5.74) is 0.990. The molecule has 0 radical (unpaired) electrons. The molecule has 0 fully saturated rings. The molecule has 6 heteroatoms. The van der Waals surface area contributed by atoms with Gasteiger partial charge in [0.2, 0.25) is 0 Å². The van der Waals surface area contributed by atoms with Crippen molar-refractivity contribution in [1.82, 2.24) is 10.6 Å². The lowest BCUT2D eigenvalue weighted by atomic mass is 10.1. The van der Waals surface area contributed by atoms with Gasteiger partial charge < -0.3 is 15.4 Å². The predicted molar refractivity (Wildman–Crippen MR) is 78.4 cm³/mol. The highest BCUT2D eigenvalue weighted by atomic mass is 35.5. The fourth-order valence-corrected chi connectivity index (χ4v) is 2.03. The Morgan fingerprint density at radius 2 is 2.32 bits per heavy atom. The van der Waals surface area contributed by atoms with Crippen LogP contribution in [0.15, 0.2) is 18.2 Å². The number of likely N-dealkylation sites (N-methyl/N-ethyl adjacent to an activating group) is 1. The van der Waals surface area contributed by atoms with Gasteiger partial charge in [-0.05, 0) is 37.7 Å². The van der Waals surface area contributed by atoms with Crippen LogP contribution in [0, 0.1) is 0 Å². The molecule has 1 aromatic carbocycles. The number of carbonyl (C=O) groups is 1. The summed E-state index contributed by atoms with van der Waals surface area (Å²) in [7, 11) is 1.86. The van der Waals surface area contributed by atoms with Crippen molar-refractivity contribution >= 4 is 29.9 Å². The molecular formula is C13H18Cl2N2O2. The largest absolute Gasteiger partial charge is 0.480 e. The first-order valence-electron chi connectivity index (χ1n) is 6.00. The summed E-state index contributed by atoms with van der Waals surface area (Å²) < 4.78 is 5.60. The van der Waals surface area contributed by atoms with Crippen LogP contribution < -0.4 is 15.4 Å². The second-order valence-corrected chi connectivity index (χ2v) is 4.93. The number of hydrogen-bond acceptors (Lipinski definition) is 3. The Morgan fingerprint density at radius 1 is 1.58 bits per heavy atom. The van der Waals surface area contributed by atoms with E-state index in [-0.39, 0.29) is 24.4 Å². The number of halogens is 2. The highest BCUT2D eigenvalue weighted by Crippen LogP contribution is 2.30. The van der Waals surface area contributed by atoms with Gasteiger partial charge in [-0.2, -0.15) is 0 Å². The van der Waals surface area contributed by atoms with Crippen LogP contribution in [-0.2, 0) is 11.2 Å². The number of fused-ring (bicyclic) bond motifs is 1. The summed E-state index contributed by atoms with van der Waals surface area (Å²) in [6, 6.07) is 5.66. The first-order chi connectivity index (χ1) is 8.60. The standard InChI is InChI=1S/C13H17ClN2O2.ClH/c1-8(15-2)7-16-13(17)12-6-9-5-10(14)3-4-11(9)18-12;/h3-5,8,12,15H,6-7H2,1-2H3,(H,16,17);1H. The van der Waals surface area contributed by atoms with Crippen LogP contribution in [0.25, 0.3) is 0 Å². The molecule has 0 aromatic heterocycles. The van der Waals surface area contributed by atoms with E-state index < -0.39 is 6.10 Å². The molecule has 4 nitrogen and oxygen atoms in total. The van der Waals surface area contributed by atoms with E-state index in [0.717, 1.165) is 11.3 Å². The van der Waals surface area contributed by atoms with E-state index in [1.54, 1.807) is 12.1 Å². The second kappa shape index (κ2) is 6.98. The van der Waals surface area contributed by atoms with Gasteiger partial charge in [-0.15, -0.1) is 12.4 Å². The normalized spacial score (nSPS) is 17.9. The van der Waals surface area contributed by atoms with E-state index in [2.05, 4.69) is 10.6 Å². The average Bonchev–Trinajstić information content (AvgIpc) is 2.78. The van der Waals surface area contributed by atoms with Crippen LogP contribution in [0.3, 0.4) is 0 Å². The summed E-state index contributed by atoms with van der Waals surface area (Å²) in [5.74, 6) is 0.672. The Morgan fingerprint density at radius 3 is 3.00 bits per heavy atom. The van der Waals surface area contributed by atoms with E-state index in [1.807, 2.05) is 20.0 Å². The maximum atomic E-state index is 11.9. The first kappa shape index (κ1) is 16.1. The summed E-state index contributed by atoms with van der Waals surface area (Å²) in [6.07, 6.45) is 0.137. The van der Waals surface area contributed by atoms with Crippen LogP contribution in [-0.4, -0.2) is 31.6 Å². The highest BCUT2D eigenvalue weighted by molar-refractivity contribution is 6.30. The molecular weight excluding hydrogens is 287 g/mol. The summed E-state index contributed by atoms with van der Waals surface area (Å²) in [4.78, 5) is 11.9. The van der Waals surface area contributed by atoms with Gasteiger partial charge in [-0.1, -0.05) is 11.6 Å².